The molecule has 1 aromatic carbocycles. The highest BCUT2D eigenvalue weighted by Crippen LogP contribution is 2.38. The van der Waals surface area contributed by atoms with Crippen LogP contribution in [0.25, 0.3) is 11.4 Å². The van der Waals surface area contributed by atoms with Gasteiger partial charge >= 0.3 is 5.97 Å². The lowest BCUT2D eigenvalue weighted by molar-refractivity contribution is 0.0697. The van der Waals surface area contributed by atoms with Gasteiger partial charge in [0, 0.05) is 24.0 Å². The highest BCUT2D eigenvalue weighted by atomic mass is 16.4. The number of imidazole rings is 1. The monoisotopic (exact) mass is 228 g/mol. The Morgan fingerprint density at radius 2 is 2.12 bits per heavy atom. The Bertz CT molecular complexity index is 570. The average molecular weight is 228 g/mol. The number of hydrogen-bond donors (Lipinski definition) is 1. The molecule has 0 bridgehead atoms. The molecular weight excluding hydrogens is 216 g/mol. The van der Waals surface area contributed by atoms with Crippen molar-refractivity contribution in [1.29, 1.82) is 0 Å². The average Bonchev–Trinajstić information content (AvgIpc) is 3.07. The van der Waals surface area contributed by atoms with Crippen molar-refractivity contribution < 1.29 is 9.90 Å². The predicted octanol–water partition coefficient (Wildman–Crippen LogP) is 2.58. The maximum absolute atomic E-state index is 11.2. The molecule has 4 nitrogen and oxygen atoms in total. The molecule has 86 valence electrons. The first-order chi connectivity index (χ1) is 8.27. The van der Waals surface area contributed by atoms with Crippen molar-refractivity contribution in [1.82, 2.24) is 9.55 Å². The third kappa shape index (κ3) is 1.71. The molecule has 3 rings (SSSR count). The van der Waals surface area contributed by atoms with E-state index < -0.39 is 5.97 Å². The number of rotatable bonds is 3. The molecule has 1 aliphatic carbocycles. The number of carbonyl (C=O) groups is 1. The van der Waals surface area contributed by atoms with Crippen LogP contribution in [0.5, 0.6) is 0 Å². The molecule has 0 amide bonds. The van der Waals surface area contributed by atoms with Gasteiger partial charge < -0.3 is 9.67 Å². The number of carboxylic acid groups (broad SMARTS) is 1. The molecule has 0 saturated heterocycles. The summed E-state index contributed by atoms with van der Waals surface area (Å²) in [6.45, 7) is 0. The topological polar surface area (TPSA) is 55.1 Å². The first kappa shape index (κ1) is 10.1. The van der Waals surface area contributed by atoms with E-state index in [0.717, 1.165) is 18.7 Å². The normalized spacial score (nSPS) is 14.8. The van der Waals surface area contributed by atoms with Crippen LogP contribution < -0.4 is 0 Å². The van der Waals surface area contributed by atoms with Crippen LogP contribution in [0.3, 0.4) is 0 Å². The van der Waals surface area contributed by atoms with Gasteiger partial charge in [0.15, 0.2) is 0 Å². The highest BCUT2D eigenvalue weighted by molar-refractivity contribution is 5.95. The molecular formula is C13H12N2O2. The summed E-state index contributed by atoms with van der Waals surface area (Å²) in [6, 6.07) is 7.49. The Kier molecular flexibility index (Phi) is 2.21. The number of aromatic carboxylic acids is 1. The highest BCUT2D eigenvalue weighted by Gasteiger charge is 2.27. The van der Waals surface area contributed by atoms with E-state index in [4.69, 9.17) is 0 Å². The summed E-state index contributed by atoms with van der Waals surface area (Å²) >= 11 is 0. The van der Waals surface area contributed by atoms with Crippen molar-refractivity contribution >= 4 is 5.97 Å². The Labute approximate surface area is 98.5 Å². The molecule has 1 aromatic heterocycles. The molecule has 2 aromatic rings. The first-order valence-electron chi connectivity index (χ1n) is 5.63. The largest absolute Gasteiger partial charge is 0.478 e. The summed E-state index contributed by atoms with van der Waals surface area (Å²) in [5, 5.41) is 9.17. The molecule has 0 unspecified atom stereocenters. The van der Waals surface area contributed by atoms with Crippen LogP contribution in [0, 0.1) is 0 Å². The minimum Gasteiger partial charge on any atom is -0.478 e. The number of nitrogens with zero attached hydrogens (tertiary/aromatic N) is 2. The van der Waals surface area contributed by atoms with E-state index in [2.05, 4.69) is 9.55 Å². The van der Waals surface area contributed by atoms with Gasteiger partial charge in [-0.25, -0.2) is 9.78 Å². The van der Waals surface area contributed by atoms with Gasteiger partial charge in [-0.15, -0.1) is 0 Å². The fraction of sp³-hybridized carbons (Fsp3) is 0.231. The van der Waals surface area contributed by atoms with E-state index in [1.54, 1.807) is 18.3 Å². The molecule has 0 radical (unpaired) electrons. The maximum atomic E-state index is 11.2. The van der Waals surface area contributed by atoms with E-state index in [1.165, 1.54) is 0 Å². The van der Waals surface area contributed by atoms with Crippen molar-refractivity contribution in [3.05, 3.63) is 42.2 Å². The first-order valence-corrected chi connectivity index (χ1v) is 5.63. The van der Waals surface area contributed by atoms with Crippen LogP contribution in [0.15, 0.2) is 36.7 Å². The third-order valence-corrected chi connectivity index (χ3v) is 3.01. The number of aromatic nitrogens is 2. The van der Waals surface area contributed by atoms with Crippen LogP contribution >= 0.6 is 0 Å². The molecule has 0 atom stereocenters. The van der Waals surface area contributed by atoms with Crippen LogP contribution in [0.2, 0.25) is 0 Å². The van der Waals surface area contributed by atoms with Crippen LogP contribution in [0.1, 0.15) is 29.2 Å². The molecule has 1 aliphatic rings. The zero-order valence-corrected chi connectivity index (χ0v) is 9.21. The van der Waals surface area contributed by atoms with Gasteiger partial charge in [0.25, 0.3) is 0 Å². The van der Waals surface area contributed by atoms with Gasteiger partial charge in [-0.2, -0.15) is 0 Å². The summed E-state index contributed by atoms with van der Waals surface area (Å²) in [6.07, 6.45) is 5.95. The van der Waals surface area contributed by atoms with Crippen molar-refractivity contribution in [3.63, 3.8) is 0 Å². The van der Waals surface area contributed by atoms with Crippen molar-refractivity contribution in [2.75, 3.05) is 0 Å². The van der Waals surface area contributed by atoms with Gasteiger partial charge in [-0.3, -0.25) is 0 Å². The van der Waals surface area contributed by atoms with E-state index in [-0.39, 0.29) is 0 Å². The lowest BCUT2D eigenvalue weighted by Gasteiger charge is -2.08. The van der Waals surface area contributed by atoms with E-state index in [9.17, 15) is 9.90 Å². The summed E-state index contributed by atoms with van der Waals surface area (Å²) in [7, 11) is 0. The van der Waals surface area contributed by atoms with E-state index in [0.29, 0.717) is 17.2 Å². The Balaban J connectivity index is 2.14. The van der Waals surface area contributed by atoms with Gasteiger partial charge in [-0.1, -0.05) is 18.2 Å². The summed E-state index contributed by atoms with van der Waals surface area (Å²) in [4.78, 5) is 15.5. The molecule has 17 heavy (non-hydrogen) atoms. The lowest BCUT2D eigenvalue weighted by atomic mass is 10.1. The lowest BCUT2D eigenvalue weighted by Crippen LogP contribution is -2.03. The third-order valence-electron chi connectivity index (χ3n) is 3.01. The zero-order valence-electron chi connectivity index (χ0n) is 9.21. The number of hydrogen-bond acceptors (Lipinski definition) is 2. The second-order valence-corrected chi connectivity index (χ2v) is 4.24. The fourth-order valence-electron chi connectivity index (χ4n) is 2.03. The molecule has 1 N–H and O–H groups in total. The SMILES string of the molecule is O=C(O)c1ccccc1-c1nccn1C1CC1. The molecule has 1 fully saturated rings. The van der Waals surface area contributed by atoms with Crippen molar-refractivity contribution in [3.8, 4) is 11.4 Å². The second kappa shape index (κ2) is 3.73. The second-order valence-electron chi connectivity index (χ2n) is 4.24. The molecule has 1 heterocycles. The Morgan fingerprint density at radius 1 is 1.35 bits per heavy atom. The zero-order chi connectivity index (χ0) is 11.8. The van der Waals surface area contributed by atoms with Crippen molar-refractivity contribution in [2.45, 2.75) is 18.9 Å². The Hall–Kier alpha value is -2.10. The van der Waals surface area contributed by atoms with Gasteiger partial charge in [-0.05, 0) is 18.9 Å². The van der Waals surface area contributed by atoms with Crippen molar-refractivity contribution in [2.24, 2.45) is 0 Å². The van der Waals surface area contributed by atoms with E-state index >= 15 is 0 Å². The number of carboxylic acids is 1. The Morgan fingerprint density at radius 3 is 2.82 bits per heavy atom. The van der Waals surface area contributed by atoms with Gasteiger partial charge in [0.2, 0.25) is 0 Å². The summed E-state index contributed by atoms with van der Waals surface area (Å²) < 4.78 is 2.07. The number of benzene rings is 1. The summed E-state index contributed by atoms with van der Waals surface area (Å²) in [5.74, 6) is -0.156. The van der Waals surface area contributed by atoms with Gasteiger partial charge in [0.1, 0.15) is 5.82 Å². The van der Waals surface area contributed by atoms with Crippen LogP contribution in [-0.4, -0.2) is 20.6 Å². The van der Waals surface area contributed by atoms with E-state index in [1.807, 2.05) is 18.3 Å². The minimum atomic E-state index is -0.911. The van der Waals surface area contributed by atoms with Gasteiger partial charge in [0.05, 0.1) is 5.56 Å². The van der Waals surface area contributed by atoms with Crippen LogP contribution in [0.4, 0.5) is 0 Å². The summed E-state index contributed by atoms with van der Waals surface area (Å²) in [5.41, 5.74) is 0.998. The minimum absolute atomic E-state index is 0.306. The van der Waals surface area contributed by atoms with Crippen LogP contribution in [-0.2, 0) is 0 Å². The maximum Gasteiger partial charge on any atom is 0.336 e. The molecule has 1 saturated carbocycles. The standard InChI is InChI=1S/C13H12N2O2/c16-13(17)11-4-2-1-3-10(11)12-14-7-8-15(12)9-5-6-9/h1-4,7-9H,5-6H2,(H,16,17). The quantitative estimate of drug-likeness (QED) is 0.878. The molecule has 0 spiro atoms. The molecule has 4 heteroatoms. The smallest absolute Gasteiger partial charge is 0.336 e. The predicted molar refractivity (Wildman–Crippen MR) is 62.9 cm³/mol. The molecule has 0 aliphatic heterocycles. The fourth-order valence-corrected chi connectivity index (χ4v) is 2.03.